The van der Waals surface area contributed by atoms with E-state index in [4.69, 9.17) is 0 Å². The number of phenols is 1. The minimum absolute atomic E-state index is 0.0862. The van der Waals surface area contributed by atoms with Crippen LogP contribution in [-0.2, 0) is 0 Å². The molecule has 2 amide bonds. The SMILES string of the molecule is CCN(C(=O)Nc1cccc([N+](=O)[O-])c1)C(C)c1cccc(O)c1. The molecule has 2 aromatic rings. The summed E-state index contributed by atoms with van der Waals surface area (Å²) in [5, 5.41) is 23.1. The van der Waals surface area contributed by atoms with Crippen LogP contribution in [0.15, 0.2) is 48.5 Å². The van der Waals surface area contributed by atoms with Crippen LogP contribution >= 0.6 is 0 Å². The first-order chi connectivity index (χ1) is 11.4. The fraction of sp³-hybridized carbons (Fsp3) is 0.235. The van der Waals surface area contributed by atoms with Gasteiger partial charge >= 0.3 is 6.03 Å². The fourth-order valence-corrected chi connectivity index (χ4v) is 2.45. The first-order valence-corrected chi connectivity index (χ1v) is 7.53. The third-order valence-corrected chi connectivity index (χ3v) is 3.73. The van der Waals surface area contributed by atoms with E-state index in [1.807, 2.05) is 19.9 Å². The highest BCUT2D eigenvalue weighted by molar-refractivity contribution is 5.90. The average Bonchev–Trinajstić information content (AvgIpc) is 2.55. The van der Waals surface area contributed by atoms with Crippen molar-refractivity contribution in [2.75, 3.05) is 11.9 Å². The lowest BCUT2D eigenvalue weighted by molar-refractivity contribution is -0.384. The van der Waals surface area contributed by atoms with E-state index in [2.05, 4.69) is 5.32 Å². The zero-order valence-corrected chi connectivity index (χ0v) is 13.5. The van der Waals surface area contributed by atoms with Crippen molar-refractivity contribution in [3.05, 3.63) is 64.2 Å². The Morgan fingerprint density at radius 2 is 2.00 bits per heavy atom. The van der Waals surface area contributed by atoms with Crippen LogP contribution in [0.25, 0.3) is 0 Å². The van der Waals surface area contributed by atoms with Crippen LogP contribution in [0, 0.1) is 10.1 Å². The Balaban J connectivity index is 2.17. The summed E-state index contributed by atoms with van der Waals surface area (Å²) in [7, 11) is 0. The summed E-state index contributed by atoms with van der Waals surface area (Å²) < 4.78 is 0. The Hall–Kier alpha value is -3.09. The minimum atomic E-state index is -0.511. The van der Waals surface area contributed by atoms with E-state index < -0.39 is 4.92 Å². The Kier molecular flexibility index (Phi) is 5.36. The maximum absolute atomic E-state index is 12.5. The quantitative estimate of drug-likeness (QED) is 0.642. The summed E-state index contributed by atoms with van der Waals surface area (Å²) in [5.74, 6) is 0.134. The Morgan fingerprint density at radius 1 is 1.29 bits per heavy atom. The van der Waals surface area contributed by atoms with Crippen molar-refractivity contribution in [2.45, 2.75) is 19.9 Å². The third kappa shape index (κ3) is 4.01. The summed E-state index contributed by atoms with van der Waals surface area (Å²) in [6.07, 6.45) is 0. The van der Waals surface area contributed by atoms with Gasteiger partial charge < -0.3 is 15.3 Å². The molecule has 0 aliphatic heterocycles. The van der Waals surface area contributed by atoms with E-state index in [-0.39, 0.29) is 23.5 Å². The molecule has 0 heterocycles. The molecule has 126 valence electrons. The van der Waals surface area contributed by atoms with E-state index in [1.165, 1.54) is 18.2 Å². The number of carbonyl (C=O) groups excluding carboxylic acids is 1. The Bertz CT molecular complexity index is 748. The molecular weight excluding hydrogens is 310 g/mol. The normalized spacial score (nSPS) is 11.6. The number of aromatic hydroxyl groups is 1. The number of nitrogens with zero attached hydrogens (tertiary/aromatic N) is 2. The monoisotopic (exact) mass is 329 g/mol. The lowest BCUT2D eigenvalue weighted by Gasteiger charge is -2.28. The number of nitro groups is 1. The van der Waals surface area contributed by atoms with Crippen molar-refractivity contribution in [3.8, 4) is 5.75 Å². The van der Waals surface area contributed by atoms with Crippen molar-refractivity contribution in [2.24, 2.45) is 0 Å². The number of urea groups is 1. The molecule has 2 aromatic carbocycles. The highest BCUT2D eigenvalue weighted by atomic mass is 16.6. The minimum Gasteiger partial charge on any atom is -0.508 e. The zero-order valence-electron chi connectivity index (χ0n) is 13.5. The number of hydrogen-bond donors (Lipinski definition) is 2. The Morgan fingerprint density at radius 3 is 2.62 bits per heavy atom. The van der Waals surface area contributed by atoms with Crippen LogP contribution in [0.2, 0.25) is 0 Å². The molecule has 24 heavy (non-hydrogen) atoms. The van der Waals surface area contributed by atoms with Crippen molar-refractivity contribution in [1.82, 2.24) is 4.90 Å². The molecule has 0 aliphatic rings. The standard InChI is InChI=1S/C17H19N3O4/c1-3-19(12(2)13-6-4-9-16(21)10-13)17(22)18-14-7-5-8-15(11-14)20(23)24/h4-12,21H,3H2,1-2H3,(H,18,22). The van der Waals surface area contributed by atoms with Gasteiger partial charge in [-0.25, -0.2) is 4.79 Å². The fourth-order valence-electron chi connectivity index (χ4n) is 2.45. The maximum Gasteiger partial charge on any atom is 0.322 e. The first kappa shape index (κ1) is 17.3. The summed E-state index contributed by atoms with van der Waals surface area (Å²) in [4.78, 5) is 24.4. The Labute approximate surface area is 139 Å². The maximum atomic E-state index is 12.5. The molecule has 0 saturated heterocycles. The number of carbonyl (C=O) groups is 1. The van der Waals surface area contributed by atoms with Gasteiger partial charge in [-0.3, -0.25) is 10.1 Å². The number of hydrogen-bond acceptors (Lipinski definition) is 4. The van der Waals surface area contributed by atoms with Gasteiger partial charge in [0, 0.05) is 24.4 Å². The second kappa shape index (κ2) is 7.45. The van der Waals surface area contributed by atoms with E-state index in [9.17, 15) is 20.0 Å². The van der Waals surface area contributed by atoms with Crippen LogP contribution < -0.4 is 5.32 Å². The number of non-ortho nitro benzene ring substituents is 1. The molecule has 2 N–H and O–H groups in total. The van der Waals surface area contributed by atoms with Gasteiger partial charge in [0.15, 0.2) is 0 Å². The van der Waals surface area contributed by atoms with Gasteiger partial charge in [0.05, 0.1) is 11.0 Å². The van der Waals surface area contributed by atoms with Crippen molar-refractivity contribution >= 4 is 17.4 Å². The smallest absolute Gasteiger partial charge is 0.322 e. The largest absolute Gasteiger partial charge is 0.508 e. The van der Waals surface area contributed by atoms with E-state index in [1.54, 1.807) is 29.2 Å². The van der Waals surface area contributed by atoms with Crippen LogP contribution in [0.4, 0.5) is 16.2 Å². The summed E-state index contributed by atoms with van der Waals surface area (Å²) in [5.41, 5.74) is 1.07. The first-order valence-electron chi connectivity index (χ1n) is 7.53. The number of phenolic OH excluding ortho intramolecular Hbond substituents is 1. The van der Waals surface area contributed by atoms with E-state index in [0.717, 1.165) is 5.56 Å². The molecule has 7 heteroatoms. The molecule has 1 atom stereocenters. The predicted octanol–water partition coefficient (Wildman–Crippen LogP) is 3.92. The number of rotatable bonds is 5. The van der Waals surface area contributed by atoms with Crippen molar-refractivity contribution in [1.29, 1.82) is 0 Å². The van der Waals surface area contributed by atoms with Crippen molar-refractivity contribution < 1.29 is 14.8 Å². The van der Waals surface area contributed by atoms with Gasteiger partial charge in [-0.05, 0) is 37.6 Å². The number of nitro benzene ring substituents is 1. The van der Waals surface area contributed by atoms with E-state index >= 15 is 0 Å². The van der Waals surface area contributed by atoms with Crippen molar-refractivity contribution in [3.63, 3.8) is 0 Å². The number of anilines is 1. The number of amides is 2. The van der Waals surface area contributed by atoms with Gasteiger partial charge in [-0.1, -0.05) is 18.2 Å². The summed E-state index contributed by atoms with van der Waals surface area (Å²) in [6, 6.07) is 11.9. The molecule has 0 bridgehead atoms. The molecule has 0 saturated carbocycles. The van der Waals surface area contributed by atoms with Gasteiger partial charge in [-0.2, -0.15) is 0 Å². The van der Waals surface area contributed by atoms with Gasteiger partial charge in [0.1, 0.15) is 5.75 Å². The third-order valence-electron chi connectivity index (χ3n) is 3.73. The molecule has 2 rings (SSSR count). The molecule has 0 spiro atoms. The molecule has 1 unspecified atom stereocenters. The average molecular weight is 329 g/mol. The molecule has 0 radical (unpaired) electrons. The van der Waals surface area contributed by atoms with Crippen LogP contribution in [-0.4, -0.2) is 27.5 Å². The molecule has 7 nitrogen and oxygen atoms in total. The lowest BCUT2D eigenvalue weighted by atomic mass is 10.1. The predicted molar refractivity (Wildman–Crippen MR) is 91.0 cm³/mol. The second-order valence-electron chi connectivity index (χ2n) is 5.29. The van der Waals surface area contributed by atoms with Gasteiger partial charge in [0.25, 0.3) is 5.69 Å². The topological polar surface area (TPSA) is 95.7 Å². The number of nitrogens with one attached hydrogen (secondary N) is 1. The molecule has 0 aromatic heterocycles. The summed E-state index contributed by atoms with van der Waals surface area (Å²) in [6.45, 7) is 4.13. The van der Waals surface area contributed by atoms with Crippen LogP contribution in [0.5, 0.6) is 5.75 Å². The molecule has 0 fully saturated rings. The number of benzene rings is 2. The lowest BCUT2D eigenvalue weighted by Crippen LogP contribution is -2.36. The molecule has 0 aliphatic carbocycles. The van der Waals surface area contributed by atoms with Crippen LogP contribution in [0.3, 0.4) is 0 Å². The second-order valence-corrected chi connectivity index (χ2v) is 5.29. The van der Waals surface area contributed by atoms with Gasteiger partial charge in [-0.15, -0.1) is 0 Å². The molecular formula is C17H19N3O4. The van der Waals surface area contributed by atoms with Gasteiger partial charge in [0.2, 0.25) is 0 Å². The van der Waals surface area contributed by atoms with Crippen LogP contribution in [0.1, 0.15) is 25.5 Å². The highest BCUT2D eigenvalue weighted by Gasteiger charge is 2.20. The highest BCUT2D eigenvalue weighted by Crippen LogP contribution is 2.24. The van der Waals surface area contributed by atoms with E-state index in [0.29, 0.717) is 12.2 Å². The summed E-state index contributed by atoms with van der Waals surface area (Å²) >= 11 is 0. The zero-order chi connectivity index (χ0) is 17.7.